The van der Waals surface area contributed by atoms with Crippen molar-refractivity contribution in [1.29, 1.82) is 0 Å². The number of hydrogen-bond acceptors (Lipinski definition) is 0. The molecule has 12 rings (SSSR count). The summed E-state index contributed by atoms with van der Waals surface area (Å²) in [4.78, 5) is 0. The van der Waals surface area contributed by atoms with Gasteiger partial charge in [0.05, 0.1) is 15.9 Å². The Hall–Kier alpha value is -7.10. The summed E-state index contributed by atoms with van der Waals surface area (Å²) < 4.78 is 0. The SMILES string of the molecule is [B-][P+](c1ccccc1)(c1ccccc1-c1cccc2ccccc12)C(C)C.[B-][P+](c1ccccc1)(c1ccccc1-c1cccc2ccccc12)C(C)C.[B-][P+](c1ccccc1)(c1ccccc1-c1cccc2ccccc12)C(C)C. The van der Waals surface area contributed by atoms with E-state index in [1.54, 1.807) is 0 Å². The van der Waals surface area contributed by atoms with E-state index >= 15 is 0 Å². The second-order valence-electron chi connectivity index (χ2n) is 21.8. The topological polar surface area (TPSA) is 0 Å². The first-order valence-electron chi connectivity index (χ1n) is 28.3. The summed E-state index contributed by atoms with van der Waals surface area (Å²) in [5, 5.41) is 15.2. The van der Waals surface area contributed by atoms with Gasteiger partial charge in [0.15, 0.2) is 0 Å². The molecule has 3 atom stereocenters. The molecule has 0 fully saturated rings. The molecular weight excluding hydrogens is 1030 g/mol. The third-order valence-corrected chi connectivity index (χ3v) is 28.0. The van der Waals surface area contributed by atoms with Crippen LogP contribution < -0.4 is 31.8 Å². The molecule has 393 valence electrons. The molecule has 12 aromatic carbocycles. The van der Waals surface area contributed by atoms with Crippen molar-refractivity contribution in [2.45, 2.75) is 58.5 Å². The van der Waals surface area contributed by atoms with Gasteiger partial charge in [0.25, 0.3) is 0 Å². The highest BCUT2D eigenvalue weighted by molar-refractivity contribution is 8.10. The fourth-order valence-electron chi connectivity index (χ4n) is 11.6. The Labute approximate surface area is 488 Å². The molecule has 0 aliphatic carbocycles. The molecule has 0 spiro atoms. The van der Waals surface area contributed by atoms with Gasteiger partial charge in [-0.3, -0.25) is 22.7 Å². The average Bonchev–Trinajstić information content (AvgIpc) is 3.58. The molecule has 81 heavy (non-hydrogen) atoms. The predicted molar refractivity (Wildman–Crippen MR) is 369 cm³/mol. The Balaban J connectivity index is 0.000000136. The first-order valence-corrected chi connectivity index (χ1v) is 34.1. The van der Waals surface area contributed by atoms with Gasteiger partial charge >= 0.3 is 0 Å². The van der Waals surface area contributed by atoms with Gasteiger partial charge in [-0.15, -0.1) is 0 Å². The molecule has 0 saturated carbocycles. The van der Waals surface area contributed by atoms with Gasteiger partial charge in [-0.1, -0.05) is 237 Å². The van der Waals surface area contributed by atoms with Gasteiger partial charge in [0.2, 0.25) is 0 Å². The molecule has 0 bridgehead atoms. The number of hydrogen-bond donors (Lipinski definition) is 0. The maximum atomic E-state index is 7.28. The molecule has 0 aliphatic heterocycles. The lowest BCUT2D eigenvalue weighted by atomic mass is 9.98. The second kappa shape index (κ2) is 25.4. The van der Waals surface area contributed by atoms with Crippen LogP contribution in [0.25, 0.3) is 65.7 Å². The average molecular weight is 1100 g/mol. The summed E-state index contributed by atoms with van der Waals surface area (Å²) in [5.41, 5.74) is 8.61. The highest BCUT2D eigenvalue weighted by Gasteiger charge is 2.34. The van der Waals surface area contributed by atoms with Gasteiger partial charge in [-0.05, 0) is 145 Å². The highest BCUT2D eigenvalue weighted by atomic mass is 31.2. The molecule has 0 amide bonds. The monoisotopic (exact) mass is 1100 g/mol. The van der Waals surface area contributed by atoms with Crippen molar-refractivity contribution in [2.75, 3.05) is 0 Å². The molecule has 12 aromatic rings. The van der Waals surface area contributed by atoms with E-state index in [0.717, 1.165) is 0 Å². The lowest BCUT2D eigenvalue weighted by Gasteiger charge is -2.42. The summed E-state index contributed by atoms with van der Waals surface area (Å²) in [6, 6.07) is 103. The normalized spacial score (nSPS) is 13.6. The molecule has 6 heteroatoms. The summed E-state index contributed by atoms with van der Waals surface area (Å²) >= 11 is 0. The van der Waals surface area contributed by atoms with Crippen molar-refractivity contribution in [3.63, 3.8) is 0 Å². The smallest absolute Gasteiger partial charge is 0.0547 e. The Morgan fingerprint density at radius 2 is 0.407 bits per heavy atom. The molecule has 3 unspecified atom stereocenters. The second-order valence-corrected chi connectivity index (χ2v) is 32.5. The first-order chi connectivity index (χ1) is 39.4. The minimum absolute atomic E-state index is 0.357. The molecule has 0 aromatic heterocycles. The number of benzene rings is 12. The minimum atomic E-state index is -2.03. The van der Waals surface area contributed by atoms with E-state index < -0.39 is 21.4 Å². The third kappa shape index (κ3) is 11.5. The zero-order chi connectivity index (χ0) is 56.6. The zero-order valence-electron chi connectivity index (χ0n) is 47.5. The van der Waals surface area contributed by atoms with Crippen LogP contribution in [-0.2, 0) is 0 Å². The Kier molecular flexibility index (Phi) is 17.9. The van der Waals surface area contributed by atoms with E-state index in [9.17, 15) is 0 Å². The van der Waals surface area contributed by atoms with Crippen LogP contribution >= 0.6 is 21.4 Å². The van der Waals surface area contributed by atoms with E-state index in [1.165, 1.54) is 97.5 Å². The van der Waals surface area contributed by atoms with Crippen LogP contribution in [0.15, 0.2) is 291 Å². The summed E-state index contributed by atoms with van der Waals surface area (Å²) in [5.74, 6) is 0. The van der Waals surface area contributed by atoms with Gasteiger partial charge in [0, 0.05) is 49.6 Å². The third-order valence-electron chi connectivity index (χ3n) is 16.1. The summed E-state index contributed by atoms with van der Waals surface area (Å²) in [6.07, 6.45) is 0. The Bertz CT molecular complexity index is 3620. The fraction of sp³-hybridized carbons (Fsp3) is 0.120. The Morgan fingerprint density at radius 3 is 0.667 bits per heavy atom. The van der Waals surface area contributed by atoms with Crippen molar-refractivity contribution in [1.82, 2.24) is 0 Å². The number of fused-ring (bicyclic) bond motifs is 3. The van der Waals surface area contributed by atoms with Crippen LogP contribution in [0.1, 0.15) is 41.5 Å². The molecule has 9 radical (unpaired) electrons. The summed E-state index contributed by atoms with van der Waals surface area (Å²) in [6.45, 7) is 13.5. The lowest BCUT2D eigenvalue weighted by molar-refractivity contribution is 1.10. The standard InChI is InChI=1S/3C25H23BP/c3*1-19(2)27(26,21-13-4-3-5-14-21)25-18-9-8-16-24(25)23-17-10-12-20-11-6-7-15-22(20)23/h3*3-19H,1-2H3. The minimum Gasteiger partial charge on any atom is -0.291 e. The van der Waals surface area contributed by atoms with Crippen LogP contribution in [0.4, 0.5) is 0 Å². The maximum Gasteiger partial charge on any atom is 0.0547 e. The molecule has 0 nitrogen and oxygen atoms in total. The molecule has 0 aliphatic rings. The zero-order valence-corrected chi connectivity index (χ0v) is 50.2. The largest absolute Gasteiger partial charge is 0.291 e. The van der Waals surface area contributed by atoms with Crippen molar-refractivity contribution in [3.05, 3.63) is 291 Å². The van der Waals surface area contributed by atoms with Crippen LogP contribution in [0.2, 0.25) is 0 Å². The quantitative estimate of drug-likeness (QED) is 0.0845. The van der Waals surface area contributed by atoms with Crippen LogP contribution in [0, 0.1) is 0 Å². The summed E-state index contributed by atoms with van der Waals surface area (Å²) in [7, 11) is 15.7. The lowest BCUT2D eigenvalue weighted by Crippen LogP contribution is -2.30. The van der Waals surface area contributed by atoms with Gasteiger partial charge in [-0.25, -0.2) is 0 Å². The Morgan fingerprint density at radius 1 is 0.210 bits per heavy atom. The van der Waals surface area contributed by atoms with E-state index in [-0.39, 0.29) is 0 Å². The van der Waals surface area contributed by atoms with Gasteiger partial charge in [-0.2, -0.15) is 21.4 Å². The van der Waals surface area contributed by atoms with E-state index in [1.807, 2.05) is 0 Å². The highest BCUT2D eigenvalue weighted by Crippen LogP contribution is 2.60. The van der Waals surface area contributed by atoms with Crippen LogP contribution in [-0.4, -0.2) is 39.7 Å². The van der Waals surface area contributed by atoms with Gasteiger partial charge < -0.3 is 0 Å². The molecule has 0 N–H and O–H groups in total. The molecular formula is C75H69B3P3. The van der Waals surface area contributed by atoms with Crippen molar-refractivity contribution in [2.24, 2.45) is 0 Å². The fourth-order valence-corrected chi connectivity index (χ4v) is 20.7. The van der Waals surface area contributed by atoms with Crippen molar-refractivity contribution < 1.29 is 0 Å². The van der Waals surface area contributed by atoms with Crippen molar-refractivity contribution in [3.8, 4) is 33.4 Å². The van der Waals surface area contributed by atoms with Crippen LogP contribution in [0.3, 0.4) is 0 Å². The first kappa shape index (κ1) is 57.2. The molecule has 0 saturated heterocycles. The van der Waals surface area contributed by atoms with Crippen molar-refractivity contribution >= 4 is 108 Å². The van der Waals surface area contributed by atoms with E-state index in [2.05, 4.69) is 333 Å². The predicted octanol–water partition coefficient (Wildman–Crippen LogP) is 17.9. The van der Waals surface area contributed by atoms with Gasteiger partial charge in [0.1, 0.15) is 0 Å². The number of rotatable bonds is 12. The molecule has 0 heterocycles. The maximum absolute atomic E-state index is 7.28. The van der Waals surface area contributed by atoms with E-state index in [4.69, 9.17) is 22.7 Å². The van der Waals surface area contributed by atoms with E-state index in [0.29, 0.717) is 17.0 Å². The van der Waals surface area contributed by atoms with Crippen LogP contribution in [0.5, 0.6) is 0 Å².